The van der Waals surface area contributed by atoms with Crippen molar-refractivity contribution in [1.29, 1.82) is 0 Å². The summed E-state index contributed by atoms with van der Waals surface area (Å²) in [4.78, 5) is 17.2. The molecule has 1 unspecified atom stereocenters. The molecule has 0 radical (unpaired) electrons. The van der Waals surface area contributed by atoms with Crippen LogP contribution in [-0.2, 0) is 26.6 Å². The highest BCUT2D eigenvalue weighted by atomic mass is 19.4. The van der Waals surface area contributed by atoms with Gasteiger partial charge in [0.25, 0.3) is 0 Å². The molecule has 5 atom stereocenters. The van der Waals surface area contributed by atoms with Crippen molar-refractivity contribution >= 4 is 5.91 Å². The Morgan fingerprint density at radius 2 is 1.55 bits per heavy atom. The number of piperidine rings is 1. The Morgan fingerprint density at radius 3 is 2.12 bits per heavy atom. The van der Waals surface area contributed by atoms with E-state index in [0.29, 0.717) is 50.4 Å². The molecule has 218 valence electrons. The van der Waals surface area contributed by atoms with Crippen LogP contribution >= 0.6 is 0 Å². The second kappa shape index (κ2) is 10.9. The van der Waals surface area contributed by atoms with E-state index in [1.807, 2.05) is 0 Å². The van der Waals surface area contributed by atoms with Gasteiger partial charge in [-0.3, -0.25) is 9.69 Å². The third-order valence-corrected chi connectivity index (χ3v) is 8.11. The maximum atomic E-state index is 13.8. The number of nitrogens with zero attached hydrogens (tertiary/aromatic N) is 2. The van der Waals surface area contributed by atoms with E-state index in [1.54, 1.807) is 17.0 Å². The fourth-order valence-corrected chi connectivity index (χ4v) is 6.15. The first-order valence-electron chi connectivity index (χ1n) is 13.1. The predicted octanol–water partition coefficient (Wildman–Crippen LogP) is 5.80. The first kappa shape index (κ1) is 28.8. The molecule has 3 heterocycles. The molecule has 3 saturated heterocycles. The van der Waals surface area contributed by atoms with Crippen LogP contribution in [-0.4, -0.2) is 66.7 Å². The molecule has 0 aliphatic carbocycles. The van der Waals surface area contributed by atoms with Crippen molar-refractivity contribution in [2.45, 2.75) is 62.3 Å². The number of carbonyl (C=O) groups excluding carboxylic acids is 1. The molecule has 12 heteroatoms. The third-order valence-electron chi connectivity index (χ3n) is 8.11. The van der Waals surface area contributed by atoms with Crippen LogP contribution in [0.5, 0.6) is 0 Å². The van der Waals surface area contributed by atoms with E-state index in [1.165, 1.54) is 19.1 Å². The van der Waals surface area contributed by atoms with Gasteiger partial charge in [-0.25, -0.2) is 4.39 Å². The van der Waals surface area contributed by atoms with Crippen molar-refractivity contribution in [2.24, 2.45) is 0 Å². The zero-order valence-electron chi connectivity index (χ0n) is 21.6. The Hall–Kier alpha value is -2.70. The van der Waals surface area contributed by atoms with Gasteiger partial charge in [0.2, 0.25) is 5.91 Å². The van der Waals surface area contributed by atoms with Crippen molar-refractivity contribution in [3.05, 3.63) is 70.5 Å². The molecule has 3 aliphatic rings. The quantitative estimate of drug-likeness (QED) is 0.424. The monoisotopic (exact) mass is 574 g/mol. The Bertz CT molecular complexity index is 1180. The van der Waals surface area contributed by atoms with Crippen LogP contribution in [0.1, 0.15) is 54.0 Å². The van der Waals surface area contributed by atoms with Gasteiger partial charge in [-0.2, -0.15) is 26.3 Å². The molecule has 5 nitrogen and oxygen atoms in total. The normalized spacial score (nSPS) is 27.1. The molecule has 0 saturated carbocycles. The van der Waals surface area contributed by atoms with Crippen LogP contribution in [0.25, 0.3) is 0 Å². The second-order valence-electron chi connectivity index (χ2n) is 10.6. The highest BCUT2D eigenvalue weighted by Gasteiger charge is 2.50. The molecule has 2 aromatic rings. The molecule has 0 bridgehead atoms. The van der Waals surface area contributed by atoms with Crippen LogP contribution in [0.2, 0.25) is 0 Å². The van der Waals surface area contributed by atoms with Gasteiger partial charge in [-0.1, -0.05) is 12.1 Å². The molecule has 0 aromatic heterocycles. The highest BCUT2D eigenvalue weighted by molar-refractivity contribution is 5.79. The van der Waals surface area contributed by atoms with E-state index in [2.05, 4.69) is 4.90 Å². The molecule has 0 N–H and O–H groups in total. The summed E-state index contributed by atoms with van der Waals surface area (Å²) in [5.41, 5.74) is -2.44. The number of hydrogen-bond donors (Lipinski definition) is 0. The first-order valence-corrected chi connectivity index (χ1v) is 13.1. The van der Waals surface area contributed by atoms with Gasteiger partial charge in [0, 0.05) is 44.1 Å². The number of benzene rings is 2. The van der Waals surface area contributed by atoms with E-state index in [9.17, 15) is 35.5 Å². The Kier molecular flexibility index (Phi) is 7.88. The fraction of sp³-hybridized carbons (Fsp3) is 0.536. The summed E-state index contributed by atoms with van der Waals surface area (Å²) in [6.45, 7) is 3.99. The van der Waals surface area contributed by atoms with E-state index < -0.39 is 47.4 Å². The zero-order valence-corrected chi connectivity index (χ0v) is 21.6. The lowest BCUT2D eigenvalue weighted by atomic mass is 9.83. The fourth-order valence-electron chi connectivity index (χ4n) is 6.15. The third kappa shape index (κ3) is 5.99. The lowest BCUT2D eigenvalue weighted by Gasteiger charge is -2.42. The van der Waals surface area contributed by atoms with Crippen LogP contribution in [0.3, 0.4) is 0 Å². The Balaban J connectivity index is 1.46. The number of ether oxygens (including phenoxy) is 2. The number of carbonyl (C=O) groups is 1. The summed E-state index contributed by atoms with van der Waals surface area (Å²) in [5, 5.41) is 0. The van der Waals surface area contributed by atoms with Crippen LogP contribution in [0.4, 0.5) is 30.7 Å². The summed E-state index contributed by atoms with van der Waals surface area (Å²) in [7, 11) is 0. The number of halogens is 7. The molecule has 5 rings (SSSR count). The van der Waals surface area contributed by atoms with Gasteiger partial charge >= 0.3 is 12.4 Å². The van der Waals surface area contributed by atoms with Gasteiger partial charge in [0.15, 0.2) is 0 Å². The smallest absolute Gasteiger partial charge is 0.379 e. The standard InChI is InChI=1S/C28H29F7N2O3/c1-16(18-10-19(27(30,31)32)12-20(11-18)28(33,34)35)40-24-15-37-23(26(24)17-2-4-21(29)5-3-17)13-22(14-25(37)38)36-6-8-39-9-7-36/h2-5,10-12,16,22-24,26H,6-9,13-15H2,1H3/t16-,22?,23+,24+,26+/m1/s1. The maximum absolute atomic E-state index is 13.8. The Morgan fingerprint density at radius 1 is 0.950 bits per heavy atom. The molecule has 0 spiro atoms. The van der Waals surface area contributed by atoms with Gasteiger partial charge in [-0.15, -0.1) is 0 Å². The average Bonchev–Trinajstić information content (AvgIpc) is 3.26. The minimum absolute atomic E-state index is 0.0467. The minimum Gasteiger partial charge on any atom is -0.379 e. The molecule has 3 fully saturated rings. The van der Waals surface area contributed by atoms with Crippen LogP contribution < -0.4 is 0 Å². The highest BCUT2D eigenvalue weighted by Crippen LogP contribution is 2.44. The second-order valence-corrected chi connectivity index (χ2v) is 10.6. The zero-order chi connectivity index (χ0) is 28.8. The number of amides is 1. The molecular weight excluding hydrogens is 545 g/mol. The lowest BCUT2D eigenvalue weighted by molar-refractivity contribution is -0.143. The minimum atomic E-state index is -4.98. The van der Waals surface area contributed by atoms with Crippen molar-refractivity contribution in [3.63, 3.8) is 0 Å². The van der Waals surface area contributed by atoms with Crippen molar-refractivity contribution in [1.82, 2.24) is 9.80 Å². The number of morpholine rings is 1. The summed E-state index contributed by atoms with van der Waals surface area (Å²) < 4.78 is 106. The van der Waals surface area contributed by atoms with Gasteiger partial charge in [-0.05, 0) is 54.8 Å². The summed E-state index contributed by atoms with van der Waals surface area (Å²) in [5.74, 6) is -1.01. The van der Waals surface area contributed by atoms with Gasteiger partial charge < -0.3 is 14.4 Å². The SMILES string of the molecule is C[C@@H](O[C@H]1CN2C(=O)CC(N3CCOCC3)C[C@H]2[C@@H]1c1ccc(F)cc1)c1cc(C(F)(F)F)cc(C(F)(F)F)c1. The molecule has 40 heavy (non-hydrogen) atoms. The first-order chi connectivity index (χ1) is 18.8. The summed E-state index contributed by atoms with van der Waals surface area (Å²) in [6, 6.07) is 6.76. The van der Waals surface area contributed by atoms with E-state index in [0.717, 1.165) is 0 Å². The van der Waals surface area contributed by atoms with E-state index in [-0.39, 0.29) is 42.6 Å². The van der Waals surface area contributed by atoms with Gasteiger partial charge in [0.1, 0.15) is 5.82 Å². The molecule has 3 aliphatic heterocycles. The van der Waals surface area contributed by atoms with E-state index in [4.69, 9.17) is 9.47 Å². The lowest BCUT2D eigenvalue weighted by Crippen LogP contribution is -2.53. The summed E-state index contributed by atoms with van der Waals surface area (Å²) >= 11 is 0. The maximum Gasteiger partial charge on any atom is 0.416 e. The van der Waals surface area contributed by atoms with Crippen molar-refractivity contribution in [3.8, 4) is 0 Å². The van der Waals surface area contributed by atoms with Crippen LogP contribution in [0, 0.1) is 5.82 Å². The molecule has 1 amide bonds. The average molecular weight is 575 g/mol. The number of fused-ring (bicyclic) bond motifs is 1. The van der Waals surface area contributed by atoms with E-state index >= 15 is 0 Å². The number of alkyl halides is 6. The molecule has 2 aromatic carbocycles. The van der Waals surface area contributed by atoms with Crippen LogP contribution in [0.15, 0.2) is 42.5 Å². The molecular formula is C28H29F7N2O3. The summed E-state index contributed by atoms with van der Waals surface area (Å²) in [6.07, 6.45) is -11.0. The topological polar surface area (TPSA) is 42.0 Å². The predicted molar refractivity (Wildman–Crippen MR) is 130 cm³/mol. The van der Waals surface area contributed by atoms with Crippen molar-refractivity contribution in [2.75, 3.05) is 32.8 Å². The Labute approximate surface area is 226 Å². The van der Waals surface area contributed by atoms with Crippen molar-refractivity contribution < 1.29 is 45.0 Å². The number of rotatable bonds is 5. The van der Waals surface area contributed by atoms with Gasteiger partial charge in [0.05, 0.1) is 36.5 Å². The largest absolute Gasteiger partial charge is 0.416 e. The number of hydrogen-bond acceptors (Lipinski definition) is 4.